The lowest BCUT2D eigenvalue weighted by atomic mass is 10.1. The largest absolute Gasteiger partial charge is 0.356 e. The molecule has 0 fully saturated rings. The number of rotatable bonds is 6. The number of halogens is 1. The first-order chi connectivity index (χ1) is 10.8. The van der Waals surface area contributed by atoms with E-state index < -0.39 is 0 Å². The fraction of sp³-hybridized carbons (Fsp3) is 0.529. The van der Waals surface area contributed by atoms with Crippen LogP contribution in [0.3, 0.4) is 0 Å². The zero-order valence-electron chi connectivity index (χ0n) is 14.6. The minimum atomic E-state index is -0.0407. The highest BCUT2D eigenvalue weighted by Crippen LogP contribution is 2.21. The number of amides is 1. The predicted molar refractivity (Wildman–Crippen MR) is 96.8 cm³/mol. The van der Waals surface area contributed by atoms with Crippen LogP contribution in [-0.4, -0.2) is 44.0 Å². The minimum Gasteiger partial charge on any atom is -0.356 e. The molecule has 128 valence electrons. The molecule has 1 aromatic rings. The van der Waals surface area contributed by atoms with E-state index in [1.807, 2.05) is 31.2 Å². The van der Waals surface area contributed by atoms with Gasteiger partial charge in [0.25, 0.3) is 0 Å². The molecule has 2 N–H and O–H groups in total. The third-order valence-corrected chi connectivity index (χ3v) is 3.62. The molecule has 1 rings (SSSR count). The molecule has 0 saturated carbocycles. The molecular formula is C17H27ClN4O. The Kier molecular flexibility index (Phi) is 7.89. The molecule has 0 heterocycles. The first-order valence-corrected chi connectivity index (χ1v) is 8.18. The molecule has 1 unspecified atom stereocenters. The lowest BCUT2D eigenvalue weighted by molar-refractivity contribution is -0.127. The third-order valence-electron chi connectivity index (χ3n) is 3.27. The second kappa shape index (κ2) is 9.40. The van der Waals surface area contributed by atoms with Crippen molar-refractivity contribution in [3.05, 3.63) is 34.9 Å². The Morgan fingerprint density at radius 3 is 2.48 bits per heavy atom. The molecule has 1 amide bonds. The quantitative estimate of drug-likeness (QED) is 0.619. The van der Waals surface area contributed by atoms with Crippen molar-refractivity contribution in [1.82, 2.24) is 15.5 Å². The van der Waals surface area contributed by atoms with Gasteiger partial charge in [-0.25, -0.2) is 4.99 Å². The highest BCUT2D eigenvalue weighted by Gasteiger charge is 2.12. The summed E-state index contributed by atoms with van der Waals surface area (Å²) in [5, 5.41) is 7.27. The summed E-state index contributed by atoms with van der Waals surface area (Å²) in [6.07, 6.45) is 0. The highest BCUT2D eigenvalue weighted by molar-refractivity contribution is 6.31. The molecular weight excluding hydrogens is 312 g/mol. The Morgan fingerprint density at radius 2 is 1.91 bits per heavy atom. The Labute approximate surface area is 144 Å². The molecule has 1 atom stereocenters. The summed E-state index contributed by atoms with van der Waals surface area (Å²) >= 11 is 6.24. The standard InChI is InChI=1S/C17H27ClN4O/c1-12(2)10-19-17(20-11-16(23)22(4)5)21-13(3)14-8-6-7-9-15(14)18/h6-9,12-13H,10-11H2,1-5H3,(H2,19,20,21). The Bertz CT molecular complexity index is 543. The van der Waals surface area contributed by atoms with E-state index >= 15 is 0 Å². The van der Waals surface area contributed by atoms with E-state index in [-0.39, 0.29) is 18.5 Å². The second-order valence-corrected chi connectivity index (χ2v) is 6.52. The van der Waals surface area contributed by atoms with E-state index in [0.29, 0.717) is 16.9 Å². The van der Waals surface area contributed by atoms with Crippen LogP contribution in [0.1, 0.15) is 32.4 Å². The third kappa shape index (κ3) is 6.91. The fourth-order valence-corrected chi connectivity index (χ4v) is 2.15. The van der Waals surface area contributed by atoms with Crippen LogP contribution in [0.4, 0.5) is 0 Å². The Hall–Kier alpha value is -1.75. The topological polar surface area (TPSA) is 56.7 Å². The summed E-state index contributed by atoms with van der Waals surface area (Å²) in [4.78, 5) is 17.6. The molecule has 0 saturated heterocycles. The summed E-state index contributed by atoms with van der Waals surface area (Å²) < 4.78 is 0. The van der Waals surface area contributed by atoms with Gasteiger partial charge in [0.15, 0.2) is 5.96 Å². The van der Waals surface area contributed by atoms with Crippen molar-refractivity contribution in [2.24, 2.45) is 10.9 Å². The average molecular weight is 339 g/mol. The van der Waals surface area contributed by atoms with Crippen LogP contribution in [0.2, 0.25) is 5.02 Å². The van der Waals surface area contributed by atoms with Crippen LogP contribution in [0, 0.1) is 5.92 Å². The van der Waals surface area contributed by atoms with Gasteiger partial charge in [-0.05, 0) is 24.5 Å². The van der Waals surface area contributed by atoms with E-state index in [2.05, 4.69) is 29.5 Å². The first kappa shape index (κ1) is 19.3. The van der Waals surface area contributed by atoms with E-state index in [4.69, 9.17) is 11.6 Å². The number of hydrogen-bond donors (Lipinski definition) is 2. The van der Waals surface area contributed by atoms with Gasteiger partial charge in [-0.3, -0.25) is 4.79 Å². The number of hydrogen-bond acceptors (Lipinski definition) is 2. The number of carbonyl (C=O) groups excluding carboxylic acids is 1. The molecule has 0 aliphatic heterocycles. The van der Waals surface area contributed by atoms with E-state index in [1.165, 1.54) is 4.90 Å². The van der Waals surface area contributed by atoms with Gasteiger partial charge in [-0.15, -0.1) is 0 Å². The molecule has 5 nitrogen and oxygen atoms in total. The lowest BCUT2D eigenvalue weighted by Crippen LogP contribution is -2.41. The summed E-state index contributed by atoms with van der Waals surface area (Å²) in [7, 11) is 3.44. The van der Waals surface area contributed by atoms with Crippen molar-refractivity contribution >= 4 is 23.5 Å². The molecule has 23 heavy (non-hydrogen) atoms. The summed E-state index contributed by atoms with van der Waals surface area (Å²) in [5.41, 5.74) is 0.993. The Morgan fingerprint density at radius 1 is 1.26 bits per heavy atom. The smallest absolute Gasteiger partial charge is 0.243 e. The lowest BCUT2D eigenvalue weighted by Gasteiger charge is -2.20. The van der Waals surface area contributed by atoms with Crippen molar-refractivity contribution in [1.29, 1.82) is 0 Å². The van der Waals surface area contributed by atoms with Gasteiger partial charge in [0.2, 0.25) is 5.91 Å². The molecule has 0 bridgehead atoms. The van der Waals surface area contributed by atoms with Crippen molar-refractivity contribution in [3.63, 3.8) is 0 Å². The highest BCUT2D eigenvalue weighted by atomic mass is 35.5. The van der Waals surface area contributed by atoms with Crippen LogP contribution in [0.15, 0.2) is 29.3 Å². The van der Waals surface area contributed by atoms with Gasteiger partial charge in [-0.1, -0.05) is 43.6 Å². The fourth-order valence-electron chi connectivity index (χ4n) is 1.85. The van der Waals surface area contributed by atoms with E-state index in [0.717, 1.165) is 12.1 Å². The van der Waals surface area contributed by atoms with Crippen LogP contribution in [0.5, 0.6) is 0 Å². The zero-order valence-corrected chi connectivity index (χ0v) is 15.3. The SMILES string of the molecule is CC(C)CNC(=NCC(=O)N(C)C)NC(C)c1ccccc1Cl. The summed E-state index contributed by atoms with van der Waals surface area (Å²) in [6.45, 7) is 7.13. The number of likely N-dealkylation sites (N-methyl/N-ethyl adjacent to an activating group) is 1. The first-order valence-electron chi connectivity index (χ1n) is 7.80. The molecule has 0 aliphatic carbocycles. The normalized spacial score (nSPS) is 12.9. The predicted octanol–water partition coefficient (Wildman–Crippen LogP) is 2.68. The average Bonchev–Trinajstić information content (AvgIpc) is 2.49. The number of nitrogens with one attached hydrogen (secondary N) is 2. The maximum absolute atomic E-state index is 11.7. The minimum absolute atomic E-state index is 0.0171. The van der Waals surface area contributed by atoms with Crippen LogP contribution >= 0.6 is 11.6 Å². The van der Waals surface area contributed by atoms with Gasteiger partial charge in [0, 0.05) is 25.7 Å². The zero-order chi connectivity index (χ0) is 17.4. The van der Waals surface area contributed by atoms with Gasteiger partial charge < -0.3 is 15.5 Å². The molecule has 1 aromatic carbocycles. The van der Waals surface area contributed by atoms with E-state index in [1.54, 1.807) is 14.1 Å². The summed E-state index contributed by atoms with van der Waals surface area (Å²) in [5.74, 6) is 1.05. The van der Waals surface area contributed by atoms with Crippen molar-refractivity contribution in [3.8, 4) is 0 Å². The number of benzene rings is 1. The Balaban J connectivity index is 2.81. The number of guanidine groups is 1. The maximum Gasteiger partial charge on any atom is 0.243 e. The van der Waals surface area contributed by atoms with Crippen LogP contribution in [0.25, 0.3) is 0 Å². The molecule has 6 heteroatoms. The summed E-state index contributed by atoms with van der Waals surface area (Å²) in [6, 6.07) is 7.68. The van der Waals surface area contributed by atoms with Crippen LogP contribution in [-0.2, 0) is 4.79 Å². The maximum atomic E-state index is 11.7. The number of aliphatic imine (C=N–C) groups is 1. The van der Waals surface area contributed by atoms with Gasteiger partial charge in [0.1, 0.15) is 6.54 Å². The van der Waals surface area contributed by atoms with Crippen molar-refractivity contribution in [2.75, 3.05) is 27.2 Å². The number of carbonyl (C=O) groups is 1. The molecule has 0 spiro atoms. The van der Waals surface area contributed by atoms with Gasteiger partial charge in [0.05, 0.1) is 6.04 Å². The van der Waals surface area contributed by atoms with Gasteiger partial charge >= 0.3 is 0 Å². The monoisotopic (exact) mass is 338 g/mol. The van der Waals surface area contributed by atoms with Crippen molar-refractivity contribution in [2.45, 2.75) is 26.8 Å². The molecule has 0 aromatic heterocycles. The van der Waals surface area contributed by atoms with Crippen molar-refractivity contribution < 1.29 is 4.79 Å². The number of nitrogens with zero attached hydrogens (tertiary/aromatic N) is 2. The van der Waals surface area contributed by atoms with E-state index in [9.17, 15) is 4.79 Å². The molecule has 0 aliphatic rings. The van der Waals surface area contributed by atoms with Gasteiger partial charge in [-0.2, -0.15) is 0 Å². The van der Waals surface area contributed by atoms with Crippen LogP contribution < -0.4 is 10.6 Å². The molecule has 0 radical (unpaired) electrons. The second-order valence-electron chi connectivity index (χ2n) is 6.12.